The summed E-state index contributed by atoms with van der Waals surface area (Å²) in [5.41, 5.74) is 2.57. The third-order valence-corrected chi connectivity index (χ3v) is 10.0. The Morgan fingerprint density at radius 2 is 1.20 bits per heavy atom. The Morgan fingerprint density at radius 1 is 0.700 bits per heavy atom. The molecule has 0 radical (unpaired) electrons. The molecule has 0 atom stereocenters. The number of hydrogen-bond acceptors (Lipinski definition) is 4. The van der Waals surface area contributed by atoms with Crippen LogP contribution in [0.15, 0.2) is 91.4 Å². The van der Waals surface area contributed by atoms with Crippen molar-refractivity contribution < 1.29 is 16.8 Å². The van der Waals surface area contributed by atoms with Crippen LogP contribution in [0.1, 0.15) is 36.8 Å². The first-order valence-electron chi connectivity index (χ1n) is 9.98. The van der Waals surface area contributed by atoms with Gasteiger partial charge in [-0.25, -0.2) is 16.8 Å². The molecule has 2 aromatic carbocycles. The first kappa shape index (κ1) is 20.8. The van der Waals surface area contributed by atoms with Gasteiger partial charge < -0.3 is 0 Å². The fourth-order valence-corrected chi connectivity index (χ4v) is 8.14. The van der Waals surface area contributed by atoms with Gasteiger partial charge in [-0.1, -0.05) is 48.6 Å². The number of sulfone groups is 2. The Labute approximate surface area is 178 Å². The van der Waals surface area contributed by atoms with Gasteiger partial charge in [-0.3, -0.25) is 0 Å². The van der Waals surface area contributed by atoms with Crippen LogP contribution in [0.2, 0.25) is 0 Å². The summed E-state index contributed by atoms with van der Waals surface area (Å²) in [6, 6.07) is 13.9. The van der Waals surface area contributed by atoms with Gasteiger partial charge in [0.05, 0.1) is 19.6 Å². The highest BCUT2D eigenvalue weighted by atomic mass is 32.2. The van der Waals surface area contributed by atoms with Crippen LogP contribution in [0.3, 0.4) is 0 Å². The molecule has 0 saturated heterocycles. The minimum atomic E-state index is -3.71. The molecule has 0 spiro atoms. The van der Waals surface area contributed by atoms with Gasteiger partial charge in [0.2, 0.25) is 19.7 Å². The normalized spacial score (nSPS) is 17.3. The second-order valence-electron chi connectivity index (χ2n) is 7.74. The van der Waals surface area contributed by atoms with Crippen molar-refractivity contribution in [2.24, 2.45) is 0 Å². The molecule has 0 bridgehead atoms. The van der Waals surface area contributed by atoms with E-state index in [0.717, 1.165) is 0 Å². The lowest BCUT2D eigenvalue weighted by atomic mass is 10.1. The predicted octanol–water partition coefficient (Wildman–Crippen LogP) is 5.20. The van der Waals surface area contributed by atoms with Gasteiger partial charge in [0.15, 0.2) is 0 Å². The van der Waals surface area contributed by atoms with Crippen molar-refractivity contribution >= 4 is 19.7 Å². The molecule has 0 fully saturated rings. The van der Waals surface area contributed by atoms with Crippen molar-refractivity contribution in [3.05, 3.63) is 92.8 Å². The monoisotopic (exact) mass is 440 g/mol. The summed E-state index contributed by atoms with van der Waals surface area (Å²) < 4.78 is 54.1. The van der Waals surface area contributed by atoms with E-state index in [1.807, 2.05) is 18.2 Å². The molecule has 156 valence electrons. The Balaban J connectivity index is 1.93. The molecule has 0 aromatic heterocycles. The van der Waals surface area contributed by atoms with Gasteiger partial charge in [0.1, 0.15) is 0 Å². The standard InChI is InChI=1S/C24H24O4S2/c1-17-9-3-5-13-21(17)29(25,26)23-15-8-16-24(20-12-7-11-19(20)23)30(27,28)22-14-6-4-10-18(22)2/h3-7,9-11,13-14H,8,12,15-16H2,1-2H3. The summed E-state index contributed by atoms with van der Waals surface area (Å²) in [4.78, 5) is 1.27. The highest BCUT2D eigenvalue weighted by Gasteiger charge is 2.34. The Morgan fingerprint density at radius 3 is 1.77 bits per heavy atom. The van der Waals surface area contributed by atoms with E-state index >= 15 is 0 Å². The summed E-state index contributed by atoms with van der Waals surface area (Å²) in [7, 11) is -7.41. The van der Waals surface area contributed by atoms with Gasteiger partial charge in [-0.05, 0) is 73.9 Å². The number of fused-ring (bicyclic) bond motifs is 1. The maximum atomic E-state index is 13.5. The van der Waals surface area contributed by atoms with E-state index in [0.29, 0.717) is 62.7 Å². The molecule has 0 saturated carbocycles. The molecule has 4 nitrogen and oxygen atoms in total. The van der Waals surface area contributed by atoms with Crippen molar-refractivity contribution in [1.82, 2.24) is 0 Å². The van der Waals surface area contributed by atoms with Crippen LogP contribution in [-0.4, -0.2) is 16.8 Å². The summed E-state index contributed by atoms with van der Waals surface area (Å²) >= 11 is 0. The fourth-order valence-electron chi connectivity index (χ4n) is 4.28. The number of allylic oxidation sites excluding steroid dienone is 6. The Kier molecular flexibility index (Phi) is 5.32. The molecule has 30 heavy (non-hydrogen) atoms. The molecule has 0 unspecified atom stereocenters. The smallest absolute Gasteiger partial charge is 0.203 e. The minimum Gasteiger partial charge on any atom is -0.219 e. The summed E-state index contributed by atoms with van der Waals surface area (Å²) in [5.74, 6) is 0. The number of rotatable bonds is 4. The molecule has 0 N–H and O–H groups in total. The molecular weight excluding hydrogens is 416 g/mol. The average molecular weight is 441 g/mol. The molecule has 0 amide bonds. The maximum Gasteiger partial charge on any atom is 0.203 e. The zero-order chi connectivity index (χ0) is 21.5. The van der Waals surface area contributed by atoms with Gasteiger partial charge in [0.25, 0.3) is 0 Å². The summed E-state index contributed by atoms with van der Waals surface area (Å²) in [6.45, 7) is 3.57. The number of benzene rings is 2. The van der Waals surface area contributed by atoms with E-state index in [1.54, 1.807) is 56.3 Å². The second-order valence-corrected chi connectivity index (χ2v) is 11.6. The minimum absolute atomic E-state index is 0.289. The van der Waals surface area contributed by atoms with Crippen LogP contribution in [0, 0.1) is 13.8 Å². The number of aryl methyl sites for hydroxylation is 2. The van der Waals surface area contributed by atoms with Crippen molar-refractivity contribution in [2.75, 3.05) is 0 Å². The molecule has 2 aliphatic rings. The molecule has 2 aliphatic carbocycles. The summed E-state index contributed by atoms with van der Waals surface area (Å²) in [5, 5.41) is 0. The SMILES string of the molecule is Cc1ccccc1S(=O)(=O)C1=C2C=CCC2=C(S(=O)(=O)c2ccccc2C)CCC1. The first-order valence-corrected chi connectivity index (χ1v) is 12.9. The van der Waals surface area contributed by atoms with Gasteiger partial charge >= 0.3 is 0 Å². The first-order chi connectivity index (χ1) is 14.2. The van der Waals surface area contributed by atoms with Gasteiger partial charge in [-0.2, -0.15) is 0 Å². The van der Waals surface area contributed by atoms with Crippen molar-refractivity contribution in [1.29, 1.82) is 0 Å². The lowest BCUT2D eigenvalue weighted by molar-refractivity contribution is 0.598. The zero-order valence-corrected chi connectivity index (χ0v) is 18.7. The molecule has 6 heteroatoms. The molecule has 0 aliphatic heterocycles. The van der Waals surface area contributed by atoms with Crippen LogP contribution in [0.4, 0.5) is 0 Å². The van der Waals surface area contributed by atoms with Crippen molar-refractivity contribution in [3.8, 4) is 0 Å². The predicted molar refractivity (Wildman–Crippen MR) is 118 cm³/mol. The van der Waals surface area contributed by atoms with Crippen LogP contribution in [-0.2, 0) is 19.7 Å². The second kappa shape index (κ2) is 7.67. The molecule has 2 aromatic rings. The van der Waals surface area contributed by atoms with E-state index in [9.17, 15) is 16.8 Å². The van der Waals surface area contributed by atoms with E-state index in [-0.39, 0.29) is 4.90 Å². The van der Waals surface area contributed by atoms with Gasteiger partial charge in [-0.15, -0.1) is 0 Å². The average Bonchev–Trinajstić information content (AvgIpc) is 3.08. The van der Waals surface area contributed by atoms with Gasteiger partial charge in [0, 0.05) is 0 Å². The van der Waals surface area contributed by atoms with Crippen molar-refractivity contribution in [3.63, 3.8) is 0 Å². The fraction of sp³-hybridized carbons (Fsp3) is 0.250. The summed E-state index contributed by atoms with van der Waals surface area (Å²) in [6.07, 6.45) is 5.21. The highest BCUT2D eigenvalue weighted by Crippen LogP contribution is 2.43. The van der Waals surface area contributed by atoms with E-state index in [1.165, 1.54) is 0 Å². The number of hydrogen-bond donors (Lipinski definition) is 0. The largest absolute Gasteiger partial charge is 0.219 e. The lowest BCUT2D eigenvalue weighted by Gasteiger charge is -2.15. The van der Waals surface area contributed by atoms with Crippen LogP contribution in [0.5, 0.6) is 0 Å². The topological polar surface area (TPSA) is 68.3 Å². The molecule has 4 rings (SSSR count). The lowest BCUT2D eigenvalue weighted by Crippen LogP contribution is -2.10. The van der Waals surface area contributed by atoms with Crippen LogP contribution >= 0.6 is 0 Å². The Hall–Kier alpha value is -2.44. The van der Waals surface area contributed by atoms with E-state index in [4.69, 9.17) is 0 Å². The third-order valence-electron chi connectivity index (χ3n) is 5.79. The van der Waals surface area contributed by atoms with Crippen molar-refractivity contribution in [2.45, 2.75) is 49.3 Å². The molecule has 0 heterocycles. The Bertz CT molecular complexity index is 1320. The van der Waals surface area contributed by atoms with E-state index in [2.05, 4.69) is 0 Å². The van der Waals surface area contributed by atoms with Crippen LogP contribution < -0.4 is 0 Å². The molecular formula is C24H24O4S2. The van der Waals surface area contributed by atoms with Crippen LogP contribution in [0.25, 0.3) is 0 Å². The quantitative estimate of drug-likeness (QED) is 0.655. The maximum absolute atomic E-state index is 13.5. The third kappa shape index (κ3) is 3.38. The highest BCUT2D eigenvalue weighted by molar-refractivity contribution is 7.95. The van der Waals surface area contributed by atoms with E-state index < -0.39 is 19.7 Å². The zero-order valence-electron chi connectivity index (χ0n) is 17.1.